The Morgan fingerprint density at radius 3 is 2.52 bits per heavy atom. The first-order chi connectivity index (χ1) is 11.3. The van der Waals surface area contributed by atoms with Crippen LogP contribution in [0.3, 0.4) is 0 Å². The molecular weight excluding hydrogens is 304 g/mol. The maximum Gasteiger partial charge on any atom is 0.0945 e. The summed E-state index contributed by atoms with van der Waals surface area (Å²) in [5.41, 5.74) is 1.01. The van der Waals surface area contributed by atoms with E-state index in [2.05, 4.69) is 29.2 Å². The minimum absolute atomic E-state index is 0.408. The van der Waals surface area contributed by atoms with Crippen LogP contribution in [0.15, 0.2) is 47.9 Å². The third-order valence-corrected chi connectivity index (χ3v) is 5.94. The lowest BCUT2D eigenvalue weighted by Gasteiger charge is -2.15. The fourth-order valence-electron chi connectivity index (χ4n) is 3.18. The standard InChI is InChI=1S/C19H26N2OS/c22-19(11-13-21-14-12-20-15-21)16-7-9-18(10-8-16)23-17-5-3-1-2-4-6-17/h7-10,12,14-15,17,19,22H,1-6,11,13H2. The van der Waals surface area contributed by atoms with Gasteiger partial charge in [-0.15, -0.1) is 11.8 Å². The van der Waals surface area contributed by atoms with Gasteiger partial charge in [-0.05, 0) is 37.0 Å². The van der Waals surface area contributed by atoms with Gasteiger partial charge in [-0.3, -0.25) is 0 Å². The average Bonchev–Trinajstić information content (AvgIpc) is 2.97. The van der Waals surface area contributed by atoms with Crippen molar-refractivity contribution in [1.29, 1.82) is 0 Å². The van der Waals surface area contributed by atoms with Crippen molar-refractivity contribution in [3.05, 3.63) is 48.5 Å². The molecule has 0 aliphatic heterocycles. The summed E-state index contributed by atoms with van der Waals surface area (Å²) < 4.78 is 2.00. The second-order valence-electron chi connectivity index (χ2n) is 6.41. The van der Waals surface area contributed by atoms with Gasteiger partial charge in [0, 0.05) is 29.1 Å². The molecule has 1 aromatic carbocycles. The lowest BCUT2D eigenvalue weighted by atomic mass is 10.1. The van der Waals surface area contributed by atoms with E-state index in [1.165, 1.54) is 43.4 Å². The monoisotopic (exact) mass is 330 g/mol. The van der Waals surface area contributed by atoms with Gasteiger partial charge in [0.05, 0.1) is 12.4 Å². The van der Waals surface area contributed by atoms with Crippen molar-refractivity contribution < 1.29 is 5.11 Å². The van der Waals surface area contributed by atoms with E-state index in [0.717, 1.165) is 17.4 Å². The Balaban J connectivity index is 1.51. The number of benzene rings is 1. The maximum absolute atomic E-state index is 10.3. The van der Waals surface area contributed by atoms with Gasteiger partial charge in [0.1, 0.15) is 0 Å². The molecule has 3 nitrogen and oxygen atoms in total. The number of hydrogen-bond acceptors (Lipinski definition) is 3. The van der Waals surface area contributed by atoms with Crippen LogP contribution in [0, 0.1) is 0 Å². The Kier molecular flexibility index (Phi) is 6.17. The minimum Gasteiger partial charge on any atom is -0.388 e. The second kappa shape index (κ2) is 8.55. The van der Waals surface area contributed by atoms with E-state index >= 15 is 0 Å². The lowest BCUT2D eigenvalue weighted by Crippen LogP contribution is -2.03. The van der Waals surface area contributed by atoms with E-state index in [-0.39, 0.29) is 0 Å². The van der Waals surface area contributed by atoms with Crippen LogP contribution < -0.4 is 0 Å². The second-order valence-corrected chi connectivity index (χ2v) is 7.78. The highest BCUT2D eigenvalue weighted by molar-refractivity contribution is 8.00. The summed E-state index contributed by atoms with van der Waals surface area (Å²) in [7, 11) is 0. The van der Waals surface area contributed by atoms with E-state index in [4.69, 9.17) is 0 Å². The molecule has 1 fully saturated rings. The highest BCUT2D eigenvalue weighted by Gasteiger charge is 2.14. The van der Waals surface area contributed by atoms with E-state index in [9.17, 15) is 5.11 Å². The number of thioether (sulfide) groups is 1. The zero-order chi connectivity index (χ0) is 15.9. The number of imidazole rings is 1. The van der Waals surface area contributed by atoms with Crippen molar-refractivity contribution in [3.63, 3.8) is 0 Å². The first-order valence-corrected chi connectivity index (χ1v) is 9.59. The Morgan fingerprint density at radius 2 is 1.87 bits per heavy atom. The zero-order valence-electron chi connectivity index (χ0n) is 13.6. The number of rotatable bonds is 6. The van der Waals surface area contributed by atoms with Crippen molar-refractivity contribution in [3.8, 4) is 0 Å². The average molecular weight is 330 g/mol. The van der Waals surface area contributed by atoms with Crippen LogP contribution in [0.4, 0.5) is 0 Å². The van der Waals surface area contributed by atoms with Gasteiger partial charge >= 0.3 is 0 Å². The molecule has 1 saturated carbocycles. The van der Waals surface area contributed by atoms with Crippen LogP contribution in [0.2, 0.25) is 0 Å². The normalized spacial score (nSPS) is 17.8. The molecule has 0 bridgehead atoms. The van der Waals surface area contributed by atoms with Gasteiger partial charge in [-0.1, -0.05) is 37.8 Å². The molecule has 1 aliphatic carbocycles. The molecule has 124 valence electrons. The summed E-state index contributed by atoms with van der Waals surface area (Å²) in [6.07, 6.45) is 14.0. The highest BCUT2D eigenvalue weighted by atomic mass is 32.2. The van der Waals surface area contributed by atoms with Crippen LogP contribution in [0.25, 0.3) is 0 Å². The molecule has 1 heterocycles. The Hall–Kier alpha value is -1.26. The lowest BCUT2D eigenvalue weighted by molar-refractivity contribution is 0.161. The topological polar surface area (TPSA) is 38.0 Å². The number of aliphatic hydroxyl groups is 1. The summed E-state index contributed by atoms with van der Waals surface area (Å²) in [5, 5.41) is 11.1. The summed E-state index contributed by atoms with van der Waals surface area (Å²) in [6.45, 7) is 0.791. The third kappa shape index (κ3) is 5.11. The van der Waals surface area contributed by atoms with Gasteiger partial charge < -0.3 is 9.67 Å². The molecule has 0 saturated heterocycles. The highest BCUT2D eigenvalue weighted by Crippen LogP contribution is 2.33. The first kappa shape index (κ1) is 16.6. The number of hydrogen-bond donors (Lipinski definition) is 1. The fraction of sp³-hybridized carbons (Fsp3) is 0.526. The molecule has 1 N–H and O–H groups in total. The molecule has 23 heavy (non-hydrogen) atoms. The summed E-state index contributed by atoms with van der Waals surface area (Å²) >= 11 is 2.02. The quantitative estimate of drug-likeness (QED) is 0.772. The van der Waals surface area contributed by atoms with E-state index in [0.29, 0.717) is 6.42 Å². The number of aromatic nitrogens is 2. The summed E-state index contributed by atoms with van der Waals surface area (Å²) in [5.74, 6) is 0. The smallest absolute Gasteiger partial charge is 0.0945 e. The predicted octanol–water partition coefficient (Wildman–Crippen LogP) is 4.82. The molecule has 1 atom stereocenters. The molecule has 0 radical (unpaired) electrons. The molecule has 1 aromatic heterocycles. The maximum atomic E-state index is 10.3. The van der Waals surface area contributed by atoms with Gasteiger partial charge in [0.2, 0.25) is 0 Å². The van der Waals surface area contributed by atoms with Crippen molar-refractivity contribution in [2.75, 3.05) is 0 Å². The van der Waals surface area contributed by atoms with Gasteiger partial charge in [-0.2, -0.15) is 0 Å². The SMILES string of the molecule is OC(CCn1ccnc1)c1ccc(SC2CCCCCC2)cc1. The molecule has 1 aliphatic rings. The van der Waals surface area contributed by atoms with Crippen LogP contribution in [0.5, 0.6) is 0 Å². The van der Waals surface area contributed by atoms with Crippen LogP contribution in [0.1, 0.15) is 56.6 Å². The van der Waals surface area contributed by atoms with Crippen molar-refractivity contribution in [1.82, 2.24) is 9.55 Å². The minimum atomic E-state index is -0.408. The number of aliphatic hydroxyl groups excluding tert-OH is 1. The molecule has 3 rings (SSSR count). The fourth-order valence-corrected chi connectivity index (χ4v) is 4.42. The summed E-state index contributed by atoms with van der Waals surface area (Å²) in [4.78, 5) is 5.36. The molecule has 0 spiro atoms. The van der Waals surface area contributed by atoms with E-state index < -0.39 is 6.10 Å². The Labute approximate surface area is 143 Å². The third-order valence-electron chi connectivity index (χ3n) is 4.59. The van der Waals surface area contributed by atoms with E-state index in [1.54, 1.807) is 12.5 Å². The van der Waals surface area contributed by atoms with Gasteiger partial charge in [0.15, 0.2) is 0 Å². The number of nitrogens with zero attached hydrogens (tertiary/aromatic N) is 2. The molecule has 4 heteroatoms. The van der Waals surface area contributed by atoms with Crippen molar-refractivity contribution >= 4 is 11.8 Å². The van der Waals surface area contributed by atoms with Crippen molar-refractivity contribution in [2.24, 2.45) is 0 Å². The largest absolute Gasteiger partial charge is 0.388 e. The van der Waals surface area contributed by atoms with E-state index in [1.807, 2.05) is 22.5 Å². The summed E-state index contributed by atoms with van der Waals surface area (Å²) in [6, 6.07) is 8.51. The Bertz CT molecular complexity index is 560. The molecule has 1 unspecified atom stereocenters. The van der Waals surface area contributed by atoms with Crippen LogP contribution >= 0.6 is 11.8 Å². The molecular formula is C19H26N2OS. The van der Waals surface area contributed by atoms with Gasteiger partial charge in [0.25, 0.3) is 0 Å². The zero-order valence-corrected chi connectivity index (χ0v) is 14.4. The van der Waals surface area contributed by atoms with Crippen LogP contribution in [-0.4, -0.2) is 19.9 Å². The van der Waals surface area contributed by atoms with Crippen LogP contribution in [-0.2, 0) is 6.54 Å². The Morgan fingerprint density at radius 1 is 1.13 bits per heavy atom. The van der Waals surface area contributed by atoms with Gasteiger partial charge in [-0.25, -0.2) is 4.98 Å². The number of aryl methyl sites for hydroxylation is 1. The van der Waals surface area contributed by atoms with Crippen molar-refractivity contribution in [2.45, 2.75) is 67.7 Å². The molecule has 2 aromatic rings. The first-order valence-electron chi connectivity index (χ1n) is 8.72. The molecule has 0 amide bonds. The predicted molar refractivity (Wildman–Crippen MR) is 95.6 cm³/mol.